The molecular weight excluding hydrogens is 480 g/mol. The van der Waals surface area contributed by atoms with E-state index in [2.05, 4.69) is 20.5 Å². The molecule has 9 nitrogen and oxygen atoms in total. The summed E-state index contributed by atoms with van der Waals surface area (Å²) in [5, 5.41) is 5.35. The fourth-order valence-electron chi connectivity index (χ4n) is 5.06. The molecule has 0 radical (unpaired) electrons. The van der Waals surface area contributed by atoms with E-state index in [1.165, 1.54) is 12.4 Å². The molecule has 1 aromatic heterocycles. The van der Waals surface area contributed by atoms with Crippen molar-refractivity contribution in [1.82, 2.24) is 9.97 Å². The highest BCUT2D eigenvalue weighted by molar-refractivity contribution is 7.92. The second-order valence-electron chi connectivity index (χ2n) is 10.3. The van der Waals surface area contributed by atoms with Gasteiger partial charge in [0.1, 0.15) is 12.3 Å². The molecule has 3 saturated carbocycles. The van der Waals surface area contributed by atoms with Crippen LogP contribution >= 0.6 is 0 Å². The van der Waals surface area contributed by atoms with Gasteiger partial charge in [-0.25, -0.2) is 13.4 Å². The van der Waals surface area contributed by atoms with Gasteiger partial charge in [0.25, 0.3) is 0 Å². The van der Waals surface area contributed by atoms with Crippen LogP contribution in [0.3, 0.4) is 0 Å². The lowest BCUT2D eigenvalue weighted by Gasteiger charge is -2.26. The molecular formula is C26H30N4O5S. The molecule has 0 bridgehead atoms. The largest absolute Gasteiger partial charge is 0.309 e. The maximum Gasteiger partial charge on any atom is 0.233 e. The average Bonchev–Trinajstić information content (AvgIpc) is 3.77. The number of nitrogens with one attached hydrogen (secondary N) is 1. The Morgan fingerprint density at radius 2 is 1.81 bits per heavy atom. The normalized spacial score (nSPS) is 19.6. The number of hydrogen-bond acceptors (Lipinski definition) is 8. The first kappa shape index (κ1) is 24.7. The quantitative estimate of drug-likeness (QED) is 0.467. The van der Waals surface area contributed by atoms with Gasteiger partial charge >= 0.3 is 0 Å². The minimum absolute atomic E-state index is 0.0929. The second kappa shape index (κ2) is 10.2. The first-order valence-corrected chi connectivity index (χ1v) is 14.2. The lowest BCUT2D eigenvalue weighted by atomic mass is 9.79. The third-order valence-electron chi connectivity index (χ3n) is 7.45. The van der Waals surface area contributed by atoms with Crippen molar-refractivity contribution < 1.29 is 18.0 Å². The SMILES string of the molecule is O=NCc1cnc(NC(=O)[C@H](CC2CCC(=O)CC2)c2ccc(S(=O)(=O)C3CC3)c(C3CC3)c2)cn1. The highest BCUT2D eigenvalue weighted by Crippen LogP contribution is 2.47. The molecule has 0 saturated heterocycles. The van der Waals surface area contributed by atoms with Crippen molar-refractivity contribution in [1.29, 1.82) is 0 Å². The van der Waals surface area contributed by atoms with Gasteiger partial charge in [-0.05, 0) is 74.0 Å². The molecule has 190 valence electrons. The van der Waals surface area contributed by atoms with Gasteiger partial charge in [-0.15, -0.1) is 0 Å². The van der Waals surface area contributed by atoms with Crippen molar-refractivity contribution in [2.45, 2.75) is 86.3 Å². The molecule has 1 aromatic carbocycles. The van der Waals surface area contributed by atoms with Crippen LogP contribution in [0.2, 0.25) is 0 Å². The summed E-state index contributed by atoms with van der Waals surface area (Å²) in [5.74, 6) is 0.213. The standard InChI is InChI=1S/C26H30N4O5S/c31-20-6-1-16(2-7-20)11-23(26(32)30-25-15-27-19(13-28-25)14-29-33)18-5-10-24(22(12-18)17-3-4-17)36(34,35)21-8-9-21/h5,10,12-13,15-17,21,23H,1-4,6-9,11,14H2,(H,28,30,32)/t23-/m1/s1. The van der Waals surface area contributed by atoms with Crippen molar-refractivity contribution >= 4 is 27.3 Å². The summed E-state index contributed by atoms with van der Waals surface area (Å²) >= 11 is 0. The zero-order valence-electron chi connectivity index (χ0n) is 20.1. The van der Waals surface area contributed by atoms with E-state index in [-0.39, 0.29) is 41.1 Å². The fraction of sp³-hybridized carbons (Fsp3) is 0.538. The first-order chi connectivity index (χ1) is 17.3. The van der Waals surface area contributed by atoms with Gasteiger partial charge in [-0.3, -0.25) is 14.6 Å². The molecule has 1 N–H and O–H groups in total. The molecule has 3 aliphatic rings. The number of nitroso groups, excluding NO2 is 1. The third kappa shape index (κ3) is 5.53. The van der Waals surface area contributed by atoms with E-state index in [1.807, 2.05) is 6.07 Å². The summed E-state index contributed by atoms with van der Waals surface area (Å²) in [5.41, 5.74) is 2.03. The van der Waals surface area contributed by atoms with E-state index >= 15 is 0 Å². The molecule has 3 fully saturated rings. The van der Waals surface area contributed by atoms with E-state index < -0.39 is 15.8 Å². The summed E-state index contributed by atoms with van der Waals surface area (Å²) < 4.78 is 26.1. The number of Topliss-reactive ketones (excluding diaryl/α,β-unsaturated/α-hetero) is 1. The average molecular weight is 511 g/mol. The first-order valence-electron chi connectivity index (χ1n) is 12.7. The highest BCUT2D eigenvalue weighted by atomic mass is 32.2. The minimum Gasteiger partial charge on any atom is -0.309 e. The van der Waals surface area contributed by atoms with Crippen LogP contribution in [0.1, 0.15) is 86.4 Å². The second-order valence-corrected chi connectivity index (χ2v) is 12.5. The van der Waals surface area contributed by atoms with Crippen LogP contribution in [0.25, 0.3) is 0 Å². The summed E-state index contributed by atoms with van der Waals surface area (Å²) in [6.45, 7) is -0.0929. The van der Waals surface area contributed by atoms with Crippen molar-refractivity contribution in [2.24, 2.45) is 11.1 Å². The summed E-state index contributed by atoms with van der Waals surface area (Å²) in [7, 11) is -3.34. The lowest BCUT2D eigenvalue weighted by molar-refractivity contribution is -0.121. The van der Waals surface area contributed by atoms with Gasteiger partial charge in [0, 0.05) is 12.8 Å². The number of benzene rings is 1. The fourth-order valence-corrected chi connectivity index (χ4v) is 6.99. The molecule has 5 rings (SSSR count). The molecule has 36 heavy (non-hydrogen) atoms. The molecule has 1 amide bonds. The number of amides is 1. The molecule has 1 heterocycles. The molecule has 0 aliphatic heterocycles. The van der Waals surface area contributed by atoms with E-state index in [1.54, 1.807) is 12.1 Å². The Morgan fingerprint density at radius 1 is 1.06 bits per heavy atom. The molecule has 0 unspecified atom stereocenters. The van der Waals surface area contributed by atoms with Gasteiger partial charge in [-0.1, -0.05) is 17.3 Å². The number of aromatic nitrogens is 2. The predicted molar refractivity (Wildman–Crippen MR) is 133 cm³/mol. The summed E-state index contributed by atoms with van der Waals surface area (Å²) in [6, 6.07) is 5.40. The zero-order valence-corrected chi connectivity index (χ0v) is 20.9. The Kier molecular flexibility index (Phi) is 6.96. The number of hydrogen-bond donors (Lipinski definition) is 1. The Hall–Kier alpha value is -3.01. The predicted octanol–water partition coefficient (Wildman–Crippen LogP) is 4.43. The number of sulfone groups is 1. The van der Waals surface area contributed by atoms with Crippen molar-refractivity contribution in [3.8, 4) is 0 Å². The van der Waals surface area contributed by atoms with Crippen LogP contribution in [-0.4, -0.2) is 35.3 Å². The van der Waals surface area contributed by atoms with Gasteiger partial charge in [0.05, 0.1) is 34.2 Å². The number of carbonyl (C=O) groups excluding carboxylic acids is 2. The summed E-state index contributed by atoms with van der Waals surface area (Å²) in [4.78, 5) is 44.4. The molecule has 2 aromatic rings. The third-order valence-corrected chi connectivity index (χ3v) is 9.79. The van der Waals surface area contributed by atoms with Crippen LogP contribution in [0, 0.1) is 10.8 Å². The maximum absolute atomic E-state index is 13.5. The van der Waals surface area contributed by atoms with Crippen LogP contribution < -0.4 is 5.32 Å². The summed E-state index contributed by atoms with van der Waals surface area (Å²) in [6.07, 6.45) is 9.26. The monoisotopic (exact) mass is 510 g/mol. The van der Waals surface area contributed by atoms with Crippen molar-refractivity contribution in [2.75, 3.05) is 5.32 Å². The Balaban J connectivity index is 1.43. The van der Waals surface area contributed by atoms with Crippen LogP contribution in [-0.2, 0) is 26.0 Å². The molecule has 1 atom stereocenters. The Bertz CT molecular complexity index is 1260. The minimum atomic E-state index is -3.34. The highest BCUT2D eigenvalue weighted by Gasteiger charge is 2.41. The van der Waals surface area contributed by atoms with Gasteiger partial charge < -0.3 is 5.32 Å². The van der Waals surface area contributed by atoms with Crippen LogP contribution in [0.5, 0.6) is 0 Å². The van der Waals surface area contributed by atoms with Gasteiger partial charge in [-0.2, -0.15) is 4.91 Å². The Labute approximate surface area is 210 Å². The number of rotatable bonds is 10. The van der Waals surface area contributed by atoms with Crippen molar-refractivity contribution in [3.63, 3.8) is 0 Å². The molecule has 3 aliphatic carbocycles. The van der Waals surface area contributed by atoms with Gasteiger partial charge in [0.15, 0.2) is 15.7 Å². The van der Waals surface area contributed by atoms with Crippen molar-refractivity contribution in [3.05, 3.63) is 52.3 Å². The zero-order chi connectivity index (χ0) is 25.3. The van der Waals surface area contributed by atoms with Gasteiger partial charge in [0.2, 0.25) is 5.91 Å². The lowest BCUT2D eigenvalue weighted by Crippen LogP contribution is -2.26. The van der Waals surface area contributed by atoms with E-state index in [4.69, 9.17) is 0 Å². The topological polar surface area (TPSA) is 136 Å². The van der Waals surface area contributed by atoms with E-state index in [9.17, 15) is 22.9 Å². The number of nitrogens with zero attached hydrogens (tertiary/aromatic N) is 3. The molecule has 10 heteroatoms. The number of ketones is 1. The number of anilines is 1. The van der Waals surface area contributed by atoms with E-state index in [0.29, 0.717) is 42.7 Å². The maximum atomic E-state index is 13.5. The Morgan fingerprint density at radius 3 is 2.42 bits per heavy atom. The smallest absolute Gasteiger partial charge is 0.233 e. The molecule has 0 spiro atoms. The van der Waals surface area contributed by atoms with E-state index in [0.717, 1.165) is 36.8 Å². The van der Waals surface area contributed by atoms with Crippen LogP contribution in [0.15, 0.2) is 40.7 Å². The number of carbonyl (C=O) groups is 2. The van der Waals surface area contributed by atoms with Crippen LogP contribution in [0.4, 0.5) is 5.82 Å².